The molecule has 0 aromatic carbocycles. The van der Waals surface area contributed by atoms with Gasteiger partial charge in [0.05, 0.1) is 17.4 Å². The molecular formula is C13H21N3O. The minimum Gasteiger partial charge on any atom is -0.396 e. The lowest BCUT2D eigenvalue weighted by molar-refractivity contribution is -0.0751. The molecule has 1 fully saturated rings. The number of anilines is 2. The van der Waals surface area contributed by atoms with Gasteiger partial charge in [-0.15, -0.1) is 0 Å². The maximum Gasteiger partial charge on any atom is 0.152 e. The quantitative estimate of drug-likeness (QED) is 0.808. The summed E-state index contributed by atoms with van der Waals surface area (Å²) in [6.45, 7) is 9.95. The van der Waals surface area contributed by atoms with Crippen molar-refractivity contribution >= 4 is 11.5 Å². The van der Waals surface area contributed by atoms with E-state index >= 15 is 0 Å². The van der Waals surface area contributed by atoms with Gasteiger partial charge < -0.3 is 15.4 Å². The van der Waals surface area contributed by atoms with Gasteiger partial charge in [-0.3, -0.25) is 0 Å². The van der Waals surface area contributed by atoms with E-state index in [1.54, 1.807) is 0 Å². The van der Waals surface area contributed by atoms with Crippen molar-refractivity contribution < 1.29 is 4.74 Å². The summed E-state index contributed by atoms with van der Waals surface area (Å²) < 4.78 is 5.89. The van der Waals surface area contributed by atoms with Crippen LogP contribution >= 0.6 is 0 Å². The Hall–Kier alpha value is -1.29. The Morgan fingerprint density at radius 3 is 2.88 bits per heavy atom. The van der Waals surface area contributed by atoms with Crippen molar-refractivity contribution in [2.75, 3.05) is 23.7 Å². The molecular weight excluding hydrogens is 214 g/mol. The average molecular weight is 235 g/mol. The number of nitrogens with zero attached hydrogens (tertiary/aromatic N) is 2. The standard InChI is InChI=1S/C13H21N3O/c1-9-5-6-15-12(11(9)14)16-7-10(2)17-13(3,4)8-16/h5-6,10H,7-8,14H2,1-4H3. The van der Waals surface area contributed by atoms with E-state index in [9.17, 15) is 0 Å². The van der Waals surface area contributed by atoms with Crippen molar-refractivity contribution in [3.05, 3.63) is 17.8 Å². The van der Waals surface area contributed by atoms with Crippen LogP contribution in [0.4, 0.5) is 11.5 Å². The van der Waals surface area contributed by atoms with Crippen LogP contribution in [0.1, 0.15) is 26.3 Å². The van der Waals surface area contributed by atoms with Crippen LogP contribution in [-0.4, -0.2) is 29.8 Å². The molecule has 2 heterocycles. The molecule has 0 aliphatic carbocycles. The molecule has 2 rings (SSSR count). The van der Waals surface area contributed by atoms with Crippen molar-refractivity contribution in [3.8, 4) is 0 Å². The van der Waals surface area contributed by atoms with Gasteiger partial charge in [-0.1, -0.05) is 0 Å². The maximum atomic E-state index is 6.10. The number of hydrogen-bond acceptors (Lipinski definition) is 4. The summed E-state index contributed by atoms with van der Waals surface area (Å²) in [5.41, 5.74) is 7.80. The number of nitrogens with two attached hydrogens (primary N) is 1. The topological polar surface area (TPSA) is 51.4 Å². The number of hydrogen-bond donors (Lipinski definition) is 1. The highest BCUT2D eigenvalue weighted by molar-refractivity contribution is 5.66. The third-order valence-corrected chi connectivity index (χ3v) is 3.06. The van der Waals surface area contributed by atoms with Crippen LogP contribution in [0.25, 0.3) is 0 Å². The summed E-state index contributed by atoms with van der Waals surface area (Å²) in [4.78, 5) is 6.63. The van der Waals surface area contributed by atoms with E-state index in [2.05, 4.69) is 30.7 Å². The predicted octanol–water partition coefficient (Wildman–Crippen LogP) is 1.98. The van der Waals surface area contributed by atoms with Crippen molar-refractivity contribution in [3.63, 3.8) is 0 Å². The minimum absolute atomic E-state index is 0.157. The van der Waals surface area contributed by atoms with Gasteiger partial charge in [-0.25, -0.2) is 4.98 Å². The van der Waals surface area contributed by atoms with Crippen molar-refractivity contribution in [1.29, 1.82) is 0 Å². The van der Waals surface area contributed by atoms with Crippen LogP contribution in [0.2, 0.25) is 0 Å². The summed E-state index contributed by atoms with van der Waals surface area (Å²) in [5.74, 6) is 0.883. The molecule has 0 spiro atoms. The van der Waals surface area contributed by atoms with Crippen molar-refractivity contribution in [2.45, 2.75) is 39.4 Å². The van der Waals surface area contributed by atoms with Gasteiger partial charge in [0.1, 0.15) is 0 Å². The molecule has 1 unspecified atom stereocenters. The molecule has 0 saturated carbocycles. The molecule has 1 aromatic rings. The van der Waals surface area contributed by atoms with Crippen LogP contribution < -0.4 is 10.6 Å². The van der Waals surface area contributed by atoms with Gasteiger partial charge in [-0.2, -0.15) is 0 Å². The largest absolute Gasteiger partial charge is 0.396 e. The molecule has 17 heavy (non-hydrogen) atoms. The molecule has 1 aliphatic rings. The highest BCUT2D eigenvalue weighted by Gasteiger charge is 2.32. The van der Waals surface area contributed by atoms with Crippen molar-refractivity contribution in [1.82, 2.24) is 4.98 Å². The second kappa shape index (κ2) is 4.18. The molecule has 0 bridgehead atoms. The number of aryl methyl sites for hydroxylation is 1. The SMILES string of the molecule is Cc1ccnc(N2CC(C)OC(C)(C)C2)c1N. The third-order valence-electron chi connectivity index (χ3n) is 3.06. The Kier molecular flexibility index (Phi) is 3.00. The Bertz CT molecular complexity index is 417. The fourth-order valence-corrected chi connectivity index (χ4v) is 2.42. The Morgan fingerprint density at radius 1 is 1.53 bits per heavy atom. The number of nitrogen functional groups attached to an aromatic ring is 1. The molecule has 2 N–H and O–H groups in total. The van der Waals surface area contributed by atoms with Gasteiger partial charge in [-0.05, 0) is 39.3 Å². The van der Waals surface area contributed by atoms with Gasteiger partial charge in [0.25, 0.3) is 0 Å². The number of ether oxygens (including phenoxy) is 1. The first kappa shape index (κ1) is 12.2. The normalized spacial score (nSPS) is 23.8. The minimum atomic E-state index is -0.157. The highest BCUT2D eigenvalue weighted by Crippen LogP contribution is 2.29. The van der Waals surface area contributed by atoms with E-state index in [1.165, 1.54) is 0 Å². The molecule has 1 aromatic heterocycles. The number of morpholine rings is 1. The first-order chi connectivity index (χ1) is 7.89. The third kappa shape index (κ3) is 2.52. The molecule has 1 saturated heterocycles. The summed E-state index contributed by atoms with van der Waals surface area (Å²) in [7, 11) is 0. The monoisotopic (exact) mass is 235 g/mol. The van der Waals surface area contributed by atoms with E-state index in [1.807, 2.05) is 19.2 Å². The highest BCUT2D eigenvalue weighted by atomic mass is 16.5. The molecule has 0 radical (unpaired) electrons. The molecule has 4 nitrogen and oxygen atoms in total. The Balaban J connectivity index is 2.30. The zero-order chi connectivity index (χ0) is 12.6. The summed E-state index contributed by atoms with van der Waals surface area (Å²) in [6.07, 6.45) is 2.01. The first-order valence-corrected chi connectivity index (χ1v) is 6.03. The van der Waals surface area contributed by atoms with Gasteiger partial charge in [0.2, 0.25) is 0 Å². The fraction of sp³-hybridized carbons (Fsp3) is 0.615. The van der Waals surface area contributed by atoms with E-state index < -0.39 is 0 Å². The molecule has 1 aliphatic heterocycles. The van der Waals surface area contributed by atoms with E-state index in [0.717, 1.165) is 30.2 Å². The van der Waals surface area contributed by atoms with Gasteiger partial charge >= 0.3 is 0 Å². The average Bonchev–Trinajstić information content (AvgIpc) is 2.19. The predicted molar refractivity (Wildman–Crippen MR) is 70.2 cm³/mol. The Morgan fingerprint density at radius 2 is 2.24 bits per heavy atom. The summed E-state index contributed by atoms with van der Waals surface area (Å²) in [5, 5.41) is 0. The van der Waals surface area contributed by atoms with Crippen molar-refractivity contribution in [2.24, 2.45) is 0 Å². The lowest BCUT2D eigenvalue weighted by Crippen LogP contribution is -2.52. The molecule has 94 valence electrons. The van der Waals surface area contributed by atoms with Crippen LogP contribution in [0.3, 0.4) is 0 Å². The summed E-state index contributed by atoms with van der Waals surface area (Å²) >= 11 is 0. The van der Waals surface area contributed by atoms with E-state index in [-0.39, 0.29) is 11.7 Å². The zero-order valence-corrected chi connectivity index (χ0v) is 11.0. The molecule has 0 amide bonds. The fourth-order valence-electron chi connectivity index (χ4n) is 2.42. The molecule has 4 heteroatoms. The van der Waals surface area contributed by atoms with Crippen LogP contribution in [0, 0.1) is 6.92 Å². The zero-order valence-electron chi connectivity index (χ0n) is 11.0. The van der Waals surface area contributed by atoms with Crippen LogP contribution in [-0.2, 0) is 4.74 Å². The van der Waals surface area contributed by atoms with E-state index in [4.69, 9.17) is 10.5 Å². The van der Waals surface area contributed by atoms with Crippen LogP contribution in [0.15, 0.2) is 12.3 Å². The van der Waals surface area contributed by atoms with E-state index in [0.29, 0.717) is 0 Å². The second-order valence-corrected chi connectivity index (χ2v) is 5.43. The lowest BCUT2D eigenvalue weighted by Gasteiger charge is -2.42. The number of aromatic nitrogens is 1. The molecule has 1 atom stereocenters. The smallest absolute Gasteiger partial charge is 0.152 e. The summed E-state index contributed by atoms with van der Waals surface area (Å²) in [6, 6.07) is 1.94. The second-order valence-electron chi connectivity index (χ2n) is 5.43. The number of rotatable bonds is 1. The van der Waals surface area contributed by atoms with Crippen LogP contribution in [0.5, 0.6) is 0 Å². The van der Waals surface area contributed by atoms with Gasteiger partial charge in [0.15, 0.2) is 5.82 Å². The number of pyridine rings is 1. The maximum absolute atomic E-state index is 6.10. The Labute approximate surface area is 103 Å². The lowest BCUT2D eigenvalue weighted by atomic mass is 10.1. The van der Waals surface area contributed by atoms with Gasteiger partial charge in [0, 0.05) is 19.3 Å². The first-order valence-electron chi connectivity index (χ1n) is 6.03.